The number of carbonyl (C=O) groups is 1. The standard InChI is InChI=1S/C19H16ClN3O2/c20-14-3-4-17-15(6-14)16(7-18(24)23-17)19(25)22-8-11-1-2-12-9-21-10-13(12)5-11/h1-7,21H,8-10H2,(H,22,25)(H,23,24). The SMILES string of the molecule is O=C(NCc1ccc2c(c1)CNC2)c1cc(=O)[nH]c2ccc(Cl)cc12. The average molecular weight is 354 g/mol. The minimum Gasteiger partial charge on any atom is -0.348 e. The van der Waals surface area contributed by atoms with Gasteiger partial charge in [-0.05, 0) is 34.9 Å². The minimum atomic E-state index is -0.316. The summed E-state index contributed by atoms with van der Waals surface area (Å²) in [6.07, 6.45) is 0. The van der Waals surface area contributed by atoms with Crippen molar-refractivity contribution in [2.24, 2.45) is 0 Å². The zero-order valence-electron chi connectivity index (χ0n) is 13.4. The van der Waals surface area contributed by atoms with Crippen molar-refractivity contribution >= 4 is 28.4 Å². The molecule has 25 heavy (non-hydrogen) atoms. The van der Waals surface area contributed by atoms with E-state index in [1.807, 2.05) is 6.07 Å². The summed E-state index contributed by atoms with van der Waals surface area (Å²) in [7, 11) is 0. The van der Waals surface area contributed by atoms with Gasteiger partial charge in [0.1, 0.15) is 0 Å². The highest BCUT2D eigenvalue weighted by atomic mass is 35.5. The molecule has 5 nitrogen and oxygen atoms in total. The normalized spacial score (nSPS) is 13.0. The van der Waals surface area contributed by atoms with Crippen molar-refractivity contribution in [2.45, 2.75) is 19.6 Å². The summed E-state index contributed by atoms with van der Waals surface area (Å²) >= 11 is 6.03. The Morgan fingerprint density at radius 1 is 1.08 bits per heavy atom. The average Bonchev–Trinajstić information content (AvgIpc) is 3.07. The predicted octanol–water partition coefficient (Wildman–Crippen LogP) is 2.71. The fourth-order valence-electron chi connectivity index (χ4n) is 3.15. The number of fused-ring (bicyclic) bond motifs is 2. The minimum absolute atomic E-state index is 0.294. The van der Waals surface area contributed by atoms with Crippen LogP contribution in [-0.2, 0) is 19.6 Å². The van der Waals surface area contributed by atoms with E-state index in [0.29, 0.717) is 28.0 Å². The van der Waals surface area contributed by atoms with Gasteiger partial charge >= 0.3 is 0 Å². The highest BCUT2D eigenvalue weighted by Crippen LogP contribution is 2.21. The number of amides is 1. The van der Waals surface area contributed by atoms with Crippen molar-refractivity contribution < 1.29 is 4.79 Å². The van der Waals surface area contributed by atoms with Crippen molar-refractivity contribution in [3.63, 3.8) is 0 Å². The first kappa shape index (κ1) is 15.9. The maximum atomic E-state index is 12.6. The van der Waals surface area contributed by atoms with Crippen molar-refractivity contribution in [1.82, 2.24) is 15.6 Å². The van der Waals surface area contributed by atoms with E-state index in [9.17, 15) is 9.59 Å². The second-order valence-corrected chi connectivity index (χ2v) is 6.56. The van der Waals surface area contributed by atoms with E-state index in [0.717, 1.165) is 18.7 Å². The molecule has 126 valence electrons. The van der Waals surface area contributed by atoms with Gasteiger partial charge in [0.05, 0.1) is 5.56 Å². The number of H-pyrrole nitrogens is 1. The first-order chi connectivity index (χ1) is 12.1. The molecule has 2 heterocycles. The van der Waals surface area contributed by atoms with E-state index in [2.05, 4.69) is 27.8 Å². The van der Waals surface area contributed by atoms with E-state index in [4.69, 9.17) is 11.6 Å². The predicted molar refractivity (Wildman–Crippen MR) is 97.7 cm³/mol. The molecule has 3 N–H and O–H groups in total. The molecule has 6 heteroatoms. The van der Waals surface area contributed by atoms with Crippen LogP contribution in [0.3, 0.4) is 0 Å². The van der Waals surface area contributed by atoms with Gasteiger partial charge in [-0.1, -0.05) is 29.8 Å². The number of nitrogens with one attached hydrogen (secondary N) is 3. The van der Waals surface area contributed by atoms with Crippen LogP contribution in [-0.4, -0.2) is 10.9 Å². The van der Waals surface area contributed by atoms with E-state index in [1.165, 1.54) is 17.2 Å². The summed E-state index contributed by atoms with van der Waals surface area (Å²) in [5, 5.41) is 7.33. The molecule has 4 rings (SSSR count). The lowest BCUT2D eigenvalue weighted by atomic mass is 10.1. The second kappa shape index (κ2) is 6.35. The van der Waals surface area contributed by atoms with Gasteiger partial charge in [-0.2, -0.15) is 0 Å². The molecule has 0 radical (unpaired) electrons. The number of pyridine rings is 1. The number of benzene rings is 2. The number of rotatable bonds is 3. The monoisotopic (exact) mass is 353 g/mol. The number of halogens is 1. The topological polar surface area (TPSA) is 74.0 Å². The summed E-state index contributed by atoms with van der Waals surface area (Å²) in [6.45, 7) is 2.15. The van der Waals surface area contributed by atoms with Gasteiger partial charge in [0.2, 0.25) is 5.56 Å². The molecule has 1 aliphatic rings. The maximum absolute atomic E-state index is 12.6. The molecule has 0 atom stereocenters. The van der Waals surface area contributed by atoms with Gasteiger partial charge in [0.15, 0.2) is 0 Å². The molecule has 1 aliphatic heterocycles. The van der Waals surface area contributed by atoms with Gasteiger partial charge in [-0.3, -0.25) is 9.59 Å². The largest absolute Gasteiger partial charge is 0.348 e. The van der Waals surface area contributed by atoms with Crippen LogP contribution in [0.5, 0.6) is 0 Å². The van der Waals surface area contributed by atoms with E-state index in [1.54, 1.807) is 18.2 Å². The van der Waals surface area contributed by atoms with Crippen LogP contribution in [0.4, 0.5) is 0 Å². The van der Waals surface area contributed by atoms with Crippen LogP contribution in [0.1, 0.15) is 27.0 Å². The zero-order valence-corrected chi connectivity index (χ0v) is 14.1. The Morgan fingerprint density at radius 2 is 1.92 bits per heavy atom. The van der Waals surface area contributed by atoms with Crippen molar-refractivity contribution in [3.05, 3.63) is 80.1 Å². The van der Waals surface area contributed by atoms with E-state index < -0.39 is 0 Å². The third kappa shape index (κ3) is 3.16. The van der Waals surface area contributed by atoms with Crippen LogP contribution in [0.25, 0.3) is 10.9 Å². The Labute approximate surface area is 149 Å². The molecule has 0 spiro atoms. The molecule has 0 saturated carbocycles. The zero-order chi connectivity index (χ0) is 17.4. The molecule has 0 bridgehead atoms. The summed E-state index contributed by atoms with van der Waals surface area (Å²) in [5.74, 6) is -0.294. The molecule has 3 aromatic rings. The summed E-state index contributed by atoms with van der Waals surface area (Å²) in [6, 6.07) is 12.6. The molecule has 0 unspecified atom stereocenters. The van der Waals surface area contributed by atoms with Crippen LogP contribution in [0.2, 0.25) is 5.02 Å². The van der Waals surface area contributed by atoms with Gasteiger partial charge in [-0.25, -0.2) is 0 Å². The number of hydrogen-bond donors (Lipinski definition) is 3. The fraction of sp³-hybridized carbons (Fsp3) is 0.158. The van der Waals surface area contributed by atoms with Gasteiger partial charge in [-0.15, -0.1) is 0 Å². The Hall–Kier alpha value is -2.63. The maximum Gasteiger partial charge on any atom is 0.252 e. The fourth-order valence-corrected chi connectivity index (χ4v) is 3.32. The Morgan fingerprint density at radius 3 is 2.80 bits per heavy atom. The molecule has 1 aromatic heterocycles. The Kier molecular flexibility index (Phi) is 4.03. The van der Waals surface area contributed by atoms with Crippen LogP contribution in [0.15, 0.2) is 47.3 Å². The molecular formula is C19H16ClN3O2. The first-order valence-electron chi connectivity index (χ1n) is 8.02. The molecule has 2 aromatic carbocycles. The Bertz CT molecular complexity index is 1040. The smallest absolute Gasteiger partial charge is 0.252 e. The lowest BCUT2D eigenvalue weighted by molar-refractivity contribution is 0.0952. The highest BCUT2D eigenvalue weighted by Gasteiger charge is 2.14. The van der Waals surface area contributed by atoms with Crippen molar-refractivity contribution in [1.29, 1.82) is 0 Å². The number of carbonyl (C=O) groups excluding carboxylic acids is 1. The molecule has 0 aliphatic carbocycles. The summed E-state index contributed by atoms with van der Waals surface area (Å²) in [4.78, 5) is 27.1. The van der Waals surface area contributed by atoms with Crippen LogP contribution >= 0.6 is 11.6 Å². The molecule has 0 fully saturated rings. The molecular weight excluding hydrogens is 338 g/mol. The van der Waals surface area contributed by atoms with E-state index in [-0.39, 0.29) is 11.5 Å². The first-order valence-corrected chi connectivity index (χ1v) is 8.40. The molecule has 1 amide bonds. The van der Waals surface area contributed by atoms with E-state index >= 15 is 0 Å². The number of aromatic nitrogens is 1. The van der Waals surface area contributed by atoms with Crippen molar-refractivity contribution in [2.75, 3.05) is 0 Å². The quantitative estimate of drug-likeness (QED) is 0.677. The summed E-state index contributed by atoms with van der Waals surface area (Å²) < 4.78 is 0. The van der Waals surface area contributed by atoms with Gasteiger partial charge in [0.25, 0.3) is 5.91 Å². The highest BCUT2D eigenvalue weighted by molar-refractivity contribution is 6.31. The lowest BCUT2D eigenvalue weighted by Gasteiger charge is -2.09. The number of aromatic amines is 1. The molecule has 0 saturated heterocycles. The van der Waals surface area contributed by atoms with Crippen LogP contribution < -0.4 is 16.2 Å². The van der Waals surface area contributed by atoms with Crippen molar-refractivity contribution in [3.8, 4) is 0 Å². The van der Waals surface area contributed by atoms with Gasteiger partial charge in [0, 0.05) is 41.6 Å². The number of hydrogen-bond acceptors (Lipinski definition) is 3. The van der Waals surface area contributed by atoms with Gasteiger partial charge < -0.3 is 15.6 Å². The third-order valence-corrected chi connectivity index (χ3v) is 4.64. The lowest BCUT2D eigenvalue weighted by Crippen LogP contribution is -2.25. The second-order valence-electron chi connectivity index (χ2n) is 6.13. The Balaban J connectivity index is 1.60. The third-order valence-electron chi connectivity index (χ3n) is 4.40. The van der Waals surface area contributed by atoms with Crippen LogP contribution in [0, 0.1) is 0 Å². The summed E-state index contributed by atoms with van der Waals surface area (Å²) in [5.41, 5.74) is 4.19.